The molecule has 0 aliphatic carbocycles. The van der Waals surface area contributed by atoms with Crippen LogP contribution in [0.3, 0.4) is 0 Å². The Morgan fingerprint density at radius 3 is 2.53 bits per heavy atom. The summed E-state index contributed by atoms with van der Waals surface area (Å²) in [7, 11) is 0. The van der Waals surface area contributed by atoms with Crippen LogP contribution >= 0.6 is 0 Å². The van der Waals surface area contributed by atoms with E-state index >= 15 is 0 Å². The van der Waals surface area contributed by atoms with Gasteiger partial charge in [-0.1, -0.05) is 13.0 Å². The lowest BCUT2D eigenvalue weighted by Crippen LogP contribution is -2.37. The maximum atomic E-state index is 10.2. The maximum Gasteiger partial charge on any atom is 0.165 e. The summed E-state index contributed by atoms with van der Waals surface area (Å²) < 4.78 is 1.76. The molecule has 2 saturated heterocycles. The van der Waals surface area contributed by atoms with Crippen LogP contribution in [0, 0.1) is 0 Å². The molecule has 5 heterocycles. The van der Waals surface area contributed by atoms with Crippen LogP contribution in [0.25, 0.3) is 16.8 Å². The van der Waals surface area contributed by atoms with Gasteiger partial charge < -0.3 is 16.2 Å². The van der Waals surface area contributed by atoms with E-state index in [4.69, 9.17) is 10.7 Å². The summed E-state index contributed by atoms with van der Waals surface area (Å²) >= 11 is 0. The van der Waals surface area contributed by atoms with Crippen molar-refractivity contribution in [2.75, 3.05) is 5.73 Å². The second kappa shape index (κ2) is 7.03. The number of rotatable bonds is 4. The lowest BCUT2D eigenvalue weighted by molar-refractivity contribution is 0.0739. The van der Waals surface area contributed by atoms with Crippen LogP contribution in [0.5, 0.6) is 0 Å². The van der Waals surface area contributed by atoms with Crippen LogP contribution in [-0.4, -0.2) is 36.8 Å². The van der Waals surface area contributed by atoms with E-state index in [0.29, 0.717) is 29.5 Å². The third kappa shape index (κ3) is 3.17. The molecule has 2 aliphatic heterocycles. The zero-order valence-corrected chi connectivity index (χ0v) is 17.9. The number of nitrogens with two attached hydrogens (primary N) is 1. The summed E-state index contributed by atoms with van der Waals surface area (Å²) in [5, 5.41) is 18.5. The van der Waals surface area contributed by atoms with Crippen molar-refractivity contribution in [1.82, 2.24) is 24.9 Å². The van der Waals surface area contributed by atoms with E-state index in [2.05, 4.69) is 22.3 Å². The first-order valence-electron chi connectivity index (χ1n) is 11.0. The molecule has 3 aromatic rings. The van der Waals surface area contributed by atoms with Crippen LogP contribution in [0.1, 0.15) is 69.3 Å². The van der Waals surface area contributed by atoms with Crippen molar-refractivity contribution in [3.8, 4) is 11.1 Å². The van der Waals surface area contributed by atoms with Crippen molar-refractivity contribution in [1.29, 1.82) is 0 Å². The van der Waals surface area contributed by atoms with Gasteiger partial charge in [-0.05, 0) is 52.0 Å². The van der Waals surface area contributed by atoms with Crippen LogP contribution in [-0.2, 0) is 12.0 Å². The molecular formula is C23H30N6O. The summed E-state index contributed by atoms with van der Waals surface area (Å²) in [5.41, 5.74) is 11.1. The maximum absolute atomic E-state index is 10.2. The average molecular weight is 407 g/mol. The largest absolute Gasteiger partial charge is 0.384 e. The molecule has 30 heavy (non-hydrogen) atoms. The predicted octanol–water partition coefficient (Wildman–Crippen LogP) is 3.16. The Kier molecular flexibility index (Phi) is 4.56. The van der Waals surface area contributed by atoms with Gasteiger partial charge in [0.15, 0.2) is 5.65 Å². The summed E-state index contributed by atoms with van der Waals surface area (Å²) in [6.07, 6.45) is 9.21. The fourth-order valence-electron chi connectivity index (χ4n) is 5.17. The minimum atomic E-state index is -0.972. The van der Waals surface area contributed by atoms with Gasteiger partial charge in [-0.25, -0.2) is 4.98 Å². The van der Waals surface area contributed by atoms with Gasteiger partial charge in [0.05, 0.1) is 17.6 Å². The van der Waals surface area contributed by atoms with E-state index in [9.17, 15) is 5.11 Å². The van der Waals surface area contributed by atoms with E-state index in [1.807, 2.05) is 18.3 Å². The number of aromatic nitrogens is 4. The summed E-state index contributed by atoms with van der Waals surface area (Å²) in [4.78, 5) is 9.61. The standard InChI is InChI=1S/C23H30N6O/c1-4-17-20(14-9-15-6-7-16(10-14)27-15)28-22-18(12-26-29(22)21(17)24)13-5-8-19(25-11-13)23(2,3)30/h5,8,11-12,14-16,27,30H,4,6-7,9-10,24H2,1-3H3/t14-,15-,16+. The number of fused-ring (bicyclic) bond motifs is 3. The van der Waals surface area contributed by atoms with Gasteiger partial charge in [0, 0.05) is 40.9 Å². The Balaban J connectivity index is 1.61. The predicted molar refractivity (Wildman–Crippen MR) is 117 cm³/mol. The van der Waals surface area contributed by atoms with Gasteiger partial charge in [-0.15, -0.1) is 0 Å². The lowest BCUT2D eigenvalue weighted by atomic mass is 9.86. The second-order valence-electron chi connectivity index (χ2n) is 9.31. The molecule has 2 fully saturated rings. The first-order chi connectivity index (χ1) is 14.3. The lowest BCUT2D eigenvalue weighted by Gasteiger charge is -2.30. The Morgan fingerprint density at radius 2 is 1.93 bits per heavy atom. The smallest absolute Gasteiger partial charge is 0.165 e. The molecule has 0 aromatic carbocycles. The van der Waals surface area contributed by atoms with Crippen molar-refractivity contribution < 1.29 is 5.11 Å². The molecule has 158 valence electrons. The minimum absolute atomic E-state index is 0.435. The summed E-state index contributed by atoms with van der Waals surface area (Å²) in [6.45, 7) is 5.61. The Hall–Kier alpha value is -2.51. The molecule has 7 nitrogen and oxygen atoms in total. The SMILES string of the molecule is CCc1c([C@@H]2C[C@H]3CC[C@@H](C2)N3)nc2c(-c3ccc(C(C)(C)O)nc3)cnn2c1N. The van der Waals surface area contributed by atoms with Crippen molar-refractivity contribution in [2.24, 2.45) is 0 Å². The number of aliphatic hydroxyl groups is 1. The zero-order chi connectivity index (χ0) is 21.0. The van der Waals surface area contributed by atoms with E-state index in [1.165, 1.54) is 12.8 Å². The molecule has 0 radical (unpaired) electrons. The molecule has 4 N–H and O–H groups in total. The third-order valence-corrected chi connectivity index (χ3v) is 6.73. The van der Waals surface area contributed by atoms with Gasteiger partial charge in [0.25, 0.3) is 0 Å². The molecule has 3 atom stereocenters. The average Bonchev–Trinajstić information content (AvgIpc) is 3.30. The molecule has 7 heteroatoms. The number of hydrogen-bond acceptors (Lipinski definition) is 6. The number of nitrogens with one attached hydrogen (secondary N) is 1. The molecular weight excluding hydrogens is 376 g/mol. The summed E-state index contributed by atoms with van der Waals surface area (Å²) in [6, 6.07) is 5.02. The number of pyridine rings is 1. The third-order valence-electron chi connectivity index (χ3n) is 6.73. The number of hydrogen-bond donors (Lipinski definition) is 3. The first kappa shape index (κ1) is 19.5. The van der Waals surface area contributed by atoms with E-state index in [0.717, 1.165) is 47.3 Å². The topological polar surface area (TPSA) is 101 Å². The Morgan fingerprint density at radius 1 is 1.20 bits per heavy atom. The minimum Gasteiger partial charge on any atom is -0.384 e. The molecule has 0 unspecified atom stereocenters. The zero-order valence-electron chi connectivity index (χ0n) is 17.9. The van der Waals surface area contributed by atoms with E-state index in [1.54, 1.807) is 24.6 Å². The van der Waals surface area contributed by atoms with Gasteiger partial charge in [0.1, 0.15) is 11.4 Å². The van der Waals surface area contributed by atoms with Crippen LogP contribution in [0.4, 0.5) is 5.82 Å². The fourth-order valence-corrected chi connectivity index (χ4v) is 5.17. The number of piperidine rings is 1. The molecule has 0 spiro atoms. The molecule has 5 rings (SSSR count). The normalized spacial score (nSPS) is 23.9. The fraction of sp³-hybridized carbons (Fsp3) is 0.522. The van der Waals surface area contributed by atoms with Gasteiger partial charge in [-0.2, -0.15) is 9.61 Å². The number of anilines is 1. The first-order valence-corrected chi connectivity index (χ1v) is 11.0. The van der Waals surface area contributed by atoms with Gasteiger partial charge >= 0.3 is 0 Å². The number of nitrogen functional groups attached to an aromatic ring is 1. The second-order valence-corrected chi connectivity index (χ2v) is 9.31. The van der Waals surface area contributed by atoms with E-state index < -0.39 is 5.60 Å². The molecule has 2 aliphatic rings. The van der Waals surface area contributed by atoms with Crippen molar-refractivity contribution >= 4 is 11.5 Å². The monoisotopic (exact) mass is 406 g/mol. The van der Waals surface area contributed by atoms with Crippen LogP contribution in [0.15, 0.2) is 24.5 Å². The quantitative estimate of drug-likeness (QED) is 0.615. The van der Waals surface area contributed by atoms with Crippen LogP contribution in [0.2, 0.25) is 0 Å². The highest BCUT2D eigenvalue weighted by atomic mass is 16.3. The molecule has 2 bridgehead atoms. The molecule has 3 aromatic heterocycles. The highest BCUT2D eigenvalue weighted by Crippen LogP contribution is 2.40. The van der Waals surface area contributed by atoms with Gasteiger partial charge in [0.2, 0.25) is 0 Å². The highest BCUT2D eigenvalue weighted by molar-refractivity contribution is 5.78. The van der Waals surface area contributed by atoms with Gasteiger partial charge in [-0.3, -0.25) is 4.98 Å². The van der Waals surface area contributed by atoms with Crippen molar-refractivity contribution in [3.63, 3.8) is 0 Å². The van der Waals surface area contributed by atoms with E-state index in [-0.39, 0.29) is 0 Å². The molecule has 0 amide bonds. The summed E-state index contributed by atoms with van der Waals surface area (Å²) in [5.74, 6) is 1.13. The number of nitrogens with zero attached hydrogens (tertiary/aromatic N) is 4. The van der Waals surface area contributed by atoms with Crippen molar-refractivity contribution in [3.05, 3.63) is 41.5 Å². The molecule has 0 saturated carbocycles. The van der Waals surface area contributed by atoms with Crippen molar-refractivity contribution in [2.45, 2.75) is 76.5 Å². The Bertz CT molecular complexity index is 1070. The highest BCUT2D eigenvalue weighted by Gasteiger charge is 2.36. The Labute approximate surface area is 176 Å². The van der Waals surface area contributed by atoms with Crippen LogP contribution < -0.4 is 11.1 Å².